The maximum atomic E-state index is 10.8. The second-order valence-corrected chi connectivity index (χ2v) is 5.47. The normalized spacial score (nSPS) is 11.4. The minimum Gasteiger partial charge on any atom is -0.288 e. The molecule has 0 spiro atoms. The number of aryl methyl sites for hydroxylation is 1. The first-order valence-corrected chi connectivity index (χ1v) is 6.89. The molecule has 0 atom stereocenters. The van der Waals surface area contributed by atoms with Crippen molar-refractivity contribution in [2.24, 2.45) is 0 Å². The Kier molecular flexibility index (Phi) is 4.20. The van der Waals surface area contributed by atoms with Crippen LogP contribution >= 0.6 is 11.8 Å². The second-order valence-electron chi connectivity index (χ2n) is 4.20. The molecule has 0 fully saturated rings. The second kappa shape index (κ2) is 5.87. The molecule has 0 amide bonds. The summed E-state index contributed by atoms with van der Waals surface area (Å²) in [6.45, 7) is 3.69. The zero-order valence-electron chi connectivity index (χ0n) is 10.6. The monoisotopic (exact) mass is 260 g/mol. The van der Waals surface area contributed by atoms with Crippen LogP contribution in [0.25, 0.3) is 17.0 Å². The van der Waals surface area contributed by atoms with Gasteiger partial charge in [0, 0.05) is 18.1 Å². The van der Waals surface area contributed by atoms with Gasteiger partial charge in [0.15, 0.2) is 5.12 Å². The topological polar surface area (TPSA) is 45.8 Å². The van der Waals surface area contributed by atoms with Gasteiger partial charge in [0.2, 0.25) is 0 Å². The summed E-state index contributed by atoms with van der Waals surface area (Å²) in [4.78, 5) is 10.8. The maximum Gasteiger partial charge on any atom is 0.185 e. The Bertz CT molecular complexity index is 586. The molecule has 4 heteroatoms. The van der Waals surface area contributed by atoms with E-state index in [9.17, 15) is 4.79 Å². The van der Waals surface area contributed by atoms with Gasteiger partial charge in [-0.15, -0.1) is 0 Å². The van der Waals surface area contributed by atoms with E-state index >= 15 is 0 Å². The highest BCUT2D eigenvalue weighted by Crippen LogP contribution is 2.19. The lowest BCUT2D eigenvalue weighted by Crippen LogP contribution is -1.84. The van der Waals surface area contributed by atoms with E-state index in [1.54, 1.807) is 6.92 Å². The van der Waals surface area contributed by atoms with Crippen LogP contribution in [-0.4, -0.2) is 21.1 Å². The van der Waals surface area contributed by atoms with Gasteiger partial charge >= 0.3 is 0 Å². The van der Waals surface area contributed by atoms with E-state index in [0.717, 1.165) is 23.1 Å². The number of fused-ring (bicyclic) bond motifs is 1. The predicted octanol–water partition coefficient (Wildman–Crippen LogP) is 3.55. The Balaban J connectivity index is 2.04. The minimum absolute atomic E-state index is 0.180. The average Bonchev–Trinajstić information content (AvgIpc) is 2.75. The van der Waals surface area contributed by atoms with Gasteiger partial charge in [-0.3, -0.25) is 9.89 Å². The van der Waals surface area contributed by atoms with Gasteiger partial charge in [-0.25, -0.2) is 0 Å². The molecule has 2 aromatic rings. The molecule has 18 heavy (non-hydrogen) atoms. The van der Waals surface area contributed by atoms with Crippen LogP contribution in [0, 0.1) is 6.92 Å². The SMILES string of the molecule is CC(=O)SCCC=Cc1cc2cn[nH]c2cc1C. The quantitative estimate of drug-likeness (QED) is 0.855. The molecule has 1 N–H and O–H groups in total. The first-order valence-electron chi connectivity index (χ1n) is 5.90. The molecule has 0 bridgehead atoms. The Morgan fingerprint density at radius 3 is 3.11 bits per heavy atom. The lowest BCUT2D eigenvalue weighted by atomic mass is 10.1. The van der Waals surface area contributed by atoms with Gasteiger partial charge in [-0.1, -0.05) is 23.9 Å². The fraction of sp³-hybridized carbons (Fsp3) is 0.286. The third-order valence-electron chi connectivity index (χ3n) is 2.71. The van der Waals surface area contributed by atoms with Crippen molar-refractivity contribution in [3.05, 3.63) is 35.5 Å². The summed E-state index contributed by atoms with van der Waals surface area (Å²) in [5.74, 6) is 0.846. The summed E-state index contributed by atoms with van der Waals surface area (Å²) < 4.78 is 0. The lowest BCUT2D eigenvalue weighted by molar-refractivity contribution is -0.109. The number of thioether (sulfide) groups is 1. The number of H-pyrrole nitrogens is 1. The highest BCUT2D eigenvalue weighted by molar-refractivity contribution is 8.13. The molecule has 94 valence electrons. The van der Waals surface area contributed by atoms with Crippen LogP contribution in [0.5, 0.6) is 0 Å². The van der Waals surface area contributed by atoms with Crippen molar-refractivity contribution in [3.8, 4) is 0 Å². The molecular weight excluding hydrogens is 244 g/mol. The Morgan fingerprint density at radius 2 is 2.33 bits per heavy atom. The number of hydrogen-bond donors (Lipinski definition) is 1. The number of aromatic amines is 1. The summed E-state index contributed by atoms with van der Waals surface area (Å²) in [6.07, 6.45) is 6.97. The number of benzene rings is 1. The van der Waals surface area contributed by atoms with Gasteiger partial charge in [0.25, 0.3) is 0 Å². The molecule has 3 nitrogen and oxygen atoms in total. The number of rotatable bonds is 4. The van der Waals surface area contributed by atoms with E-state index in [0.29, 0.717) is 0 Å². The number of nitrogens with one attached hydrogen (secondary N) is 1. The first-order chi connectivity index (χ1) is 8.66. The third-order valence-corrected chi connectivity index (χ3v) is 3.56. The van der Waals surface area contributed by atoms with E-state index in [4.69, 9.17) is 0 Å². The number of hydrogen-bond acceptors (Lipinski definition) is 3. The predicted molar refractivity (Wildman–Crippen MR) is 77.6 cm³/mol. The maximum absolute atomic E-state index is 10.8. The zero-order valence-corrected chi connectivity index (χ0v) is 11.4. The van der Waals surface area contributed by atoms with Crippen LogP contribution < -0.4 is 0 Å². The van der Waals surface area contributed by atoms with Crippen LogP contribution in [0.1, 0.15) is 24.5 Å². The van der Waals surface area contributed by atoms with Gasteiger partial charge in [-0.05, 0) is 36.6 Å². The molecule has 0 radical (unpaired) electrons. The fourth-order valence-electron chi connectivity index (χ4n) is 1.78. The smallest absolute Gasteiger partial charge is 0.185 e. The lowest BCUT2D eigenvalue weighted by Gasteiger charge is -2.00. The van der Waals surface area contributed by atoms with E-state index < -0.39 is 0 Å². The van der Waals surface area contributed by atoms with E-state index in [1.165, 1.54) is 22.9 Å². The molecule has 1 heterocycles. The standard InChI is InChI=1S/C14H16N2OS/c1-10-7-14-13(9-15-16-14)8-12(10)5-3-4-6-18-11(2)17/h3,5,7-9H,4,6H2,1-2H3,(H,15,16). The van der Waals surface area contributed by atoms with Gasteiger partial charge in [0.05, 0.1) is 11.7 Å². The van der Waals surface area contributed by atoms with Crippen molar-refractivity contribution in [3.63, 3.8) is 0 Å². The molecule has 0 saturated carbocycles. The number of carbonyl (C=O) groups excluding carboxylic acids is 1. The number of nitrogens with zero attached hydrogens (tertiary/aromatic N) is 1. The van der Waals surface area contributed by atoms with Crippen LogP contribution in [0.4, 0.5) is 0 Å². The molecule has 0 aliphatic rings. The molecule has 0 aliphatic heterocycles. The highest BCUT2D eigenvalue weighted by atomic mass is 32.2. The van der Waals surface area contributed by atoms with Crippen LogP contribution in [-0.2, 0) is 4.79 Å². The van der Waals surface area contributed by atoms with Crippen LogP contribution in [0.3, 0.4) is 0 Å². The van der Waals surface area contributed by atoms with Gasteiger partial charge in [-0.2, -0.15) is 5.10 Å². The molecule has 0 saturated heterocycles. The van der Waals surface area contributed by atoms with Gasteiger partial charge < -0.3 is 0 Å². The van der Waals surface area contributed by atoms with Crippen LogP contribution in [0.2, 0.25) is 0 Å². The average molecular weight is 260 g/mol. The molecule has 1 aromatic heterocycles. The van der Waals surface area contributed by atoms with Crippen molar-refractivity contribution < 1.29 is 4.79 Å². The molecule has 1 aromatic carbocycles. The van der Waals surface area contributed by atoms with Crippen molar-refractivity contribution in [1.29, 1.82) is 0 Å². The van der Waals surface area contributed by atoms with E-state index in [-0.39, 0.29) is 5.12 Å². The summed E-state index contributed by atoms with van der Waals surface area (Å²) in [7, 11) is 0. The largest absolute Gasteiger partial charge is 0.288 e. The first kappa shape index (κ1) is 12.9. The van der Waals surface area contributed by atoms with Gasteiger partial charge in [0.1, 0.15) is 0 Å². The summed E-state index contributed by atoms with van der Waals surface area (Å²) in [6, 6.07) is 4.23. The third kappa shape index (κ3) is 3.23. The summed E-state index contributed by atoms with van der Waals surface area (Å²) >= 11 is 1.37. The van der Waals surface area contributed by atoms with Crippen molar-refractivity contribution >= 4 is 33.9 Å². The molecule has 0 unspecified atom stereocenters. The Morgan fingerprint density at radius 1 is 1.50 bits per heavy atom. The van der Waals surface area contributed by atoms with Crippen LogP contribution in [0.15, 0.2) is 24.4 Å². The minimum atomic E-state index is 0.180. The molecular formula is C14H16N2OS. The summed E-state index contributed by atoms with van der Waals surface area (Å²) in [5.41, 5.74) is 3.50. The van der Waals surface area contributed by atoms with Crippen molar-refractivity contribution in [2.75, 3.05) is 5.75 Å². The fourth-order valence-corrected chi connectivity index (χ4v) is 2.32. The van der Waals surface area contributed by atoms with Crippen molar-refractivity contribution in [1.82, 2.24) is 10.2 Å². The number of carbonyl (C=O) groups is 1. The summed E-state index contributed by atoms with van der Waals surface area (Å²) in [5, 5.41) is 8.29. The molecule has 2 rings (SSSR count). The highest BCUT2D eigenvalue weighted by Gasteiger charge is 2.00. The Hall–Kier alpha value is -1.55. The number of aromatic nitrogens is 2. The molecule has 0 aliphatic carbocycles. The van der Waals surface area contributed by atoms with E-state index in [1.807, 2.05) is 6.20 Å². The van der Waals surface area contributed by atoms with E-state index in [2.05, 4.69) is 41.4 Å². The van der Waals surface area contributed by atoms with Crippen molar-refractivity contribution in [2.45, 2.75) is 20.3 Å². The Labute approximate surface area is 111 Å². The zero-order chi connectivity index (χ0) is 13.0. The number of allylic oxidation sites excluding steroid dienone is 1.